The Balaban J connectivity index is 1.50. The maximum atomic E-state index is 6.20. The summed E-state index contributed by atoms with van der Waals surface area (Å²) in [4.78, 5) is 13.1. The van der Waals surface area contributed by atoms with Crippen LogP contribution in [0, 0.1) is 0 Å². The fourth-order valence-corrected chi connectivity index (χ4v) is 2.81. The summed E-state index contributed by atoms with van der Waals surface area (Å²) in [6.07, 6.45) is 3.10. The molecule has 0 bridgehead atoms. The molecule has 0 unspecified atom stereocenters. The van der Waals surface area contributed by atoms with Gasteiger partial charge in [-0.1, -0.05) is 41.0 Å². The lowest BCUT2D eigenvalue weighted by atomic mass is 10.1. The maximum Gasteiger partial charge on any atom is 0.276 e. The molecule has 1 aromatic carbocycles. The number of guanidine groups is 1. The predicted molar refractivity (Wildman–Crippen MR) is 110 cm³/mol. The third kappa shape index (κ3) is 5.79. The Kier molecular flexibility index (Phi) is 7.37. The number of nitrogens with zero attached hydrogens (tertiary/aromatic N) is 4. The number of rotatable bonds is 8. The van der Waals surface area contributed by atoms with Crippen LogP contribution in [0.2, 0.25) is 5.02 Å². The summed E-state index contributed by atoms with van der Waals surface area (Å²) in [5.74, 6) is 1.78. The second-order valence-corrected chi connectivity index (χ2v) is 6.42. The molecule has 2 aromatic heterocycles. The molecule has 3 rings (SSSR count). The fraction of sp³-hybridized carbons (Fsp3) is 0.300. The van der Waals surface area contributed by atoms with Gasteiger partial charge in [-0.05, 0) is 37.1 Å². The molecule has 0 aliphatic heterocycles. The van der Waals surface area contributed by atoms with E-state index in [0.717, 1.165) is 36.1 Å². The lowest BCUT2D eigenvalue weighted by Gasteiger charge is -2.11. The van der Waals surface area contributed by atoms with Crippen molar-refractivity contribution in [1.82, 2.24) is 25.8 Å². The van der Waals surface area contributed by atoms with E-state index in [1.807, 2.05) is 49.4 Å². The van der Waals surface area contributed by atoms with Gasteiger partial charge < -0.3 is 15.2 Å². The minimum atomic E-state index is 0.421. The van der Waals surface area contributed by atoms with E-state index in [9.17, 15) is 0 Å². The van der Waals surface area contributed by atoms with Crippen LogP contribution in [0.15, 0.2) is 58.2 Å². The van der Waals surface area contributed by atoms with Gasteiger partial charge in [0.2, 0.25) is 0 Å². The van der Waals surface area contributed by atoms with E-state index in [2.05, 4.69) is 30.8 Å². The number of hydrogen-bond acceptors (Lipinski definition) is 5. The molecular weight excluding hydrogens is 376 g/mol. The smallest absolute Gasteiger partial charge is 0.276 e. The molecule has 2 N–H and O–H groups in total. The Hall–Kier alpha value is -2.93. The lowest BCUT2D eigenvalue weighted by molar-refractivity contribution is 0.421. The van der Waals surface area contributed by atoms with Gasteiger partial charge in [0.25, 0.3) is 5.89 Å². The minimum Gasteiger partial charge on any atom is -0.357 e. The van der Waals surface area contributed by atoms with Gasteiger partial charge in [0.05, 0.1) is 0 Å². The monoisotopic (exact) mass is 398 g/mol. The van der Waals surface area contributed by atoms with Gasteiger partial charge >= 0.3 is 0 Å². The van der Waals surface area contributed by atoms with Crippen LogP contribution < -0.4 is 10.6 Å². The van der Waals surface area contributed by atoms with Crippen molar-refractivity contribution >= 4 is 17.6 Å². The number of hydrogen-bond donors (Lipinski definition) is 2. The number of benzene rings is 1. The van der Waals surface area contributed by atoms with Crippen molar-refractivity contribution in [3.05, 3.63) is 65.1 Å². The molecule has 0 saturated heterocycles. The maximum absolute atomic E-state index is 6.20. The van der Waals surface area contributed by atoms with Crippen molar-refractivity contribution in [3.63, 3.8) is 0 Å². The summed E-state index contributed by atoms with van der Waals surface area (Å²) in [6, 6.07) is 13.4. The van der Waals surface area contributed by atoms with E-state index in [-0.39, 0.29) is 0 Å². The molecule has 0 spiro atoms. The number of halogens is 1. The van der Waals surface area contributed by atoms with Crippen LogP contribution in [0.25, 0.3) is 11.6 Å². The first kappa shape index (κ1) is 19.8. The molecule has 28 heavy (non-hydrogen) atoms. The Labute approximate surface area is 169 Å². The average Bonchev–Trinajstić information content (AvgIpc) is 3.19. The van der Waals surface area contributed by atoms with Gasteiger partial charge in [0.15, 0.2) is 11.8 Å². The quantitative estimate of drug-likeness (QED) is 0.447. The number of pyridine rings is 1. The molecule has 0 fully saturated rings. The van der Waals surface area contributed by atoms with E-state index in [4.69, 9.17) is 16.1 Å². The number of aromatic nitrogens is 3. The van der Waals surface area contributed by atoms with Crippen molar-refractivity contribution in [2.24, 2.45) is 4.99 Å². The third-order valence-corrected chi connectivity index (χ3v) is 4.31. The zero-order chi connectivity index (χ0) is 19.6. The minimum absolute atomic E-state index is 0.421. The highest BCUT2D eigenvalue weighted by atomic mass is 35.5. The van der Waals surface area contributed by atoms with Crippen LogP contribution in [0.3, 0.4) is 0 Å². The number of aliphatic imine (C=N–C) groups is 1. The molecule has 0 radical (unpaired) electrons. The summed E-state index contributed by atoms with van der Waals surface area (Å²) in [5.41, 5.74) is 1.78. The summed E-state index contributed by atoms with van der Waals surface area (Å²) < 4.78 is 5.26. The highest BCUT2D eigenvalue weighted by Crippen LogP contribution is 2.15. The summed E-state index contributed by atoms with van der Waals surface area (Å²) in [5, 5.41) is 11.3. The van der Waals surface area contributed by atoms with Crippen molar-refractivity contribution < 1.29 is 4.52 Å². The van der Waals surface area contributed by atoms with Gasteiger partial charge in [-0.25, -0.2) is 0 Å². The van der Waals surface area contributed by atoms with Crippen molar-refractivity contribution in [1.29, 1.82) is 0 Å². The van der Waals surface area contributed by atoms with E-state index < -0.39 is 0 Å². The van der Waals surface area contributed by atoms with Crippen LogP contribution in [-0.2, 0) is 12.8 Å². The summed E-state index contributed by atoms with van der Waals surface area (Å²) in [6.45, 7) is 4.10. The zero-order valence-electron chi connectivity index (χ0n) is 15.7. The molecule has 0 atom stereocenters. The zero-order valence-corrected chi connectivity index (χ0v) is 16.5. The molecule has 0 saturated carbocycles. The second kappa shape index (κ2) is 10.4. The molecule has 2 heterocycles. The van der Waals surface area contributed by atoms with Crippen molar-refractivity contribution in [3.8, 4) is 11.6 Å². The molecule has 8 heteroatoms. The first-order chi connectivity index (χ1) is 13.8. The largest absolute Gasteiger partial charge is 0.357 e. The van der Waals surface area contributed by atoms with E-state index in [1.54, 1.807) is 6.20 Å². The molecule has 0 amide bonds. The van der Waals surface area contributed by atoms with Gasteiger partial charge in [0.1, 0.15) is 5.69 Å². The Morgan fingerprint density at radius 2 is 1.96 bits per heavy atom. The van der Waals surface area contributed by atoms with E-state index in [1.165, 1.54) is 0 Å². The average molecular weight is 399 g/mol. The summed E-state index contributed by atoms with van der Waals surface area (Å²) in [7, 11) is 0. The van der Waals surface area contributed by atoms with Gasteiger partial charge in [-0.3, -0.25) is 9.98 Å². The third-order valence-electron chi connectivity index (χ3n) is 3.95. The summed E-state index contributed by atoms with van der Waals surface area (Å²) >= 11 is 6.20. The fourth-order valence-electron chi connectivity index (χ4n) is 2.57. The SMILES string of the molecule is CCNC(=NCCc1noc(-c2ccccn2)n1)NCCc1ccccc1Cl. The van der Waals surface area contributed by atoms with Crippen LogP contribution in [-0.4, -0.2) is 40.7 Å². The Bertz CT molecular complexity index is 896. The molecule has 3 aromatic rings. The van der Waals surface area contributed by atoms with Crippen LogP contribution in [0.4, 0.5) is 0 Å². The molecule has 0 aliphatic carbocycles. The predicted octanol–water partition coefficient (Wildman–Crippen LogP) is 3.13. The number of nitrogens with one attached hydrogen (secondary N) is 2. The highest BCUT2D eigenvalue weighted by molar-refractivity contribution is 6.31. The Morgan fingerprint density at radius 1 is 1.11 bits per heavy atom. The van der Waals surface area contributed by atoms with E-state index in [0.29, 0.717) is 30.4 Å². The molecule has 0 aliphatic rings. The topological polar surface area (TPSA) is 88.2 Å². The van der Waals surface area contributed by atoms with Gasteiger partial charge in [-0.2, -0.15) is 4.98 Å². The highest BCUT2D eigenvalue weighted by Gasteiger charge is 2.09. The molecule has 7 nitrogen and oxygen atoms in total. The first-order valence-corrected chi connectivity index (χ1v) is 9.63. The molecular formula is C20H23ClN6O. The normalized spacial score (nSPS) is 11.4. The van der Waals surface area contributed by atoms with Crippen molar-refractivity contribution in [2.75, 3.05) is 19.6 Å². The second-order valence-electron chi connectivity index (χ2n) is 6.01. The van der Waals surface area contributed by atoms with Gasteiger partial charge in [-0.15, -0.1) is 0 Å². The standard InChI is InChI=1S/C20H23ClN6O/c1-2-22-20(24-13-10-15-7-3-4-8-16(15)21)25-14-11-18-26-19(28-27-18)17-9-5-6-12-23-17/h3-9,12H,2,10-11,13-14H2,1H3,(H2,22,24,25). The first-order valence-electron chi connectivity index (χ1n) is 9.26. The van der Waals surface area contributed by atoms with Crippen LogP contribution >= 0.6 is 11.6 Å². The van der Waals surface area contributed by atoms with Crippen LogP contribution in [0.1, 0.15) is 18.3 Å². The van der Waals surface area contributed by atoms with E-state index >= 15 is 0 Å². The van der Waals surface area contributed by atoms with Gasteiger partial charge in [0, 0.05) is 37.3 Å². The molecule has 146 valence electrons. The van der Waals surface area contributed by atoms with Crippen LogP contribution in [0.5, 0.6) is 0 Å². The lowest BCUT2D eigenvalue weighted by Crippen LogP contribution is -2.38. The Morgan fingerprint density at radius 3 is 2.75 bits per heavy atom. The van der Waals surface area contributed by atoms with Crippen molar-refractivity contribution in [2.45, 2.75) is 19.8 Å².